The molecule has 2 heterocycles. The van der Waals surface area contributed by atoms with Crippen LogP contribution >= 0.6 is 11.6 Å². The molecule has 0 saturated heterocycles. The zero-order valence-electron chi connectivity index (χ0n) is 19.1. The summed E-state index contributed by atoms with van der Waals surface area (Å²) >= 11 is 6.65. The van der Waals surface area contributed by atoms with Crippen molar-refractivity contribution in [2.75, 3.05) is 14.2 Å². The van der Waals surface area contributed by atoms with Crippen molar-refractivity contribution >= 4 is 11.6 Å². The number of aromatic nitrogens is 2. The zero-order chi connectivity index (χ0) is 25.1. The van der Waals surface area contributed by atoms with Gasteiger partial charge in [0.15, 0.2) is 0 Å². The van der Waals surface area contributed by atoms with Crippen molar-refractivity contribution < 1.29 is 18.3 Å². The van der Waals surface area contributed by atoms with E-state index in [1.807, 2.05) is 0 Å². The van der Waals surface area contributed by atoms with Gasteiger partial charge in [-0.2, -0.15) is 0 Å². The van der Waals surface area contributed by atoms with Crippen molar-refractivity contribution in [1.82, 2.24) is 9.97 Å². The lowest BCUT2D eigenvalue weighted by Crippen LogP contribution is -2.03. The molecule has 0 atom stereocenters. The number of rotatable bonds is 7. The van der Waals surface area contributed by atoms with Crippen molar-refractivity contribution in [3.63, 3.8) is 0 Å². The third-order valence-corrected chi connectivity index (χ3v) is 6.01. The molecular weight excluding hydrogens is 474 g/mol. The molecule has 4 N–H and O–H groups in total. The topological polar surface area (TPSA) is 96.3 Å². The van der Waals surface area contributed by atoms with E-state index in [9.17, 15) is 0 Å². The number of ether oxygens (including phenoxy) is 2. The van der Waals surface area contributed by atoms with Gasteiger partial charge in [-0.05, 0) is 30.3 Å². The van der Waals surface area contributed by atoms with E-state index in [1.54, 1.807) is 36.4 Å². The van der Waals surface area contributed by atoms with E-state index >= 15 is 8.78 Å². The number of methoxy groups -OCH3 is 2. The van der Waals surface area contributed by atoms with E-state index in [-0.39, 0.29) is 34.8 Å². The highest BCUT2D eigenvalue weighted by Gasteiger charge is 2.22. The molecule has 35 heavy (non-hydrogen) atoms. The molecule has 0 fully saturated rings. The average Bonchev–Trinajstić information content (AvgIpc) is 2.88. The van der Waals surface area contributed by atoms with Crippen LogP contribution in [-0.2, 0) is 13.1 Å². The van der Waals surface area contributed by atoms with Crippen LogP contribution in [0.4, 0.5) is 8.78 Å². The first-order valence-corrected chi connectivity index (χ1v) is 11.1. The minimum Gasteiger partial charge on any atom is -0.481 e. The summed E-state index contributed by atoms with van der Waals surface area (Å²) in [5, 5.41) is 0.0140. The molecule has 0 bridgehead atoms. The number of nitrogens with zero attached hydrogens (tertiary/aromatic N) is 2. The Morgan fingerprint density at radius 3 is 1.83 bits per heavy atom. The van der Waals surface area contributed by atoms with Gasteiger partial charge in [0.25, 0.3) is 0 Å². The summed E-state index contributed by atoms with van der Waals surface area (Å²) in [7, 11) is 2.94. The lowest BCUT2D eigenvalue weighted by Gasteiger charge is -2.15. The Morgan fingerprint density at radius 2 is 1.29 bits per heavy atom. The van der Waals surface area contributed by atoms with Crippen molar-refractivity contribution in [2.24, 2.45) is 11.5 Å². The van der Waals surface area contributed by atoms with Crippen molar-refractivity contribution in [3.05, 3.63) is 82.4 Å². The molecule has 2 aromatic carbocycles. The van der Waals surface area contributed by atoms with Crippen LogP contribution in [0.5, 0.6) is 11.8 Å². The standard InChI is InChI=1S/C26H23ClF2N4O2/c1-34-25-14(12-30)6-10-20(32-25)16-8-9-19(28)22(23(16)27)18-5-3-4-17(24(18)29)21-11-7-15(13-31)26(33-21)35-2/h3-11H,12-13,30-31H2,1-2H3. The van der Waals surface area contributed by atoms with Crippen LogP contribution in [0.1, 0.15) is 11.1 Å². The van der Waals surface area contributed by atoms with Gasteiger partial charge in [0, 0.05) is 46.5 Å². The summed E-state index contributed by atoms with van der Waals surface area (Å²) in [4.78, 5) is 8.81. The van der Waals surface area contributed by atoms with Crippen molar-refractivity contribution in [2.45, 2.75) is 13.1 Å². The van der Waals surface area contributed by atoms with Gasteiger partial charge in [-0.15, -0.1) is 0 Å². The maximum absolute atomic E-state index is 15.8. The molecule has 4 rings (SSSR count). The molecule has 180 valence electrons. The normalized spacial score (nSPS) is 10.9. The van der Waals surface area contributed by atoms with E-state index in [1.165, 1.54) is 32.4 Å². The third-order valence-electron chi connectivity index (χ3n) is 5.62. The largest absolute Gasteiger partial charge is 0.481 e. The highest BCUT2D eigenvalue weighted by molar-refractivity contribution is 6.36. The van der Waals surface area contributed by atoms with Crippen LogP contribution in [0.25, 0.3) is 33.6 Å². The number of nitrogens with two attached hydrogens (primary N) is 2. The van der Waals surface area contributed by atoms with E-state index in [0.29, 0.717) is 39.8 Å². The summed E-state index contributed by atoms with van der Waals surface area (Å²) in [6.07, 6.45) is 0. The van der Waals surface area contributed by atoms with Gasteiger partial charge in [-0.1, -0.05) is 35.9 Å². The smallest absolute Gasteiger partial charge is 0.218 e. The van der Waals surface area contributed by atoms with E-state index in [2.05, 4.69) is 9.97 Å². The Balaban J connectivity index is 1.86. The van der Waals surface area contributed by atoms with E-state index < -0.39 is 11.6 Å². The Hall–Kier alpha value is -3.59. The molecule has 0 aliphatic carbocycles. The highest BCUT2D eigenvalue weighted by atomic mass is 35.5. The summed E-state index contributed by atoms with van der Waals surface area (Å²) < 4.78 is 41.4. The highest BCUT2D eigenvalue weighted by Crippen LogP contribution is 2.41. The molecule has 0 radical (unpaired) electrons. The predicted molar refractivity (Wildman–Crippen MR) is 132 cm³/mol. The zero-order valence-corrected chi connectivity index (χ0v) is 19.9. The van der Waals surface area contributed by atoms with E-state index in [0.717, 1.165) is 0 Å². The minimum atomic E-state index is -0.677. The molecule has 0 aliphatic rings. The van der Waals surface area contributed by atoms with Gasteiger partial charge in [-0.25, -0.2) is 18.7 Å². The summed E-state index contributed by atoms with van der Waals surface area (Å²) in [6, 6.07) is 14.2. The Labute approximate surface area is 206 Å². The predicted octanol–water partition coefficient (Wildman–Crippen LogP) is 5.34. The minimum absolute atomic E-state index is 0.0129. The molecule has 2 aromatic heterocycles. The Bertz CT molecular complexity index is 1400. The molecule has 9 heteroatoms. The second-order valence-electron chi connectivity index (χ2n) is 7.59. The quantitative estimate of drug-likeness (QED) is 0.358. The van der Waals surface area contributed by atoms with Crippen LogP contribution < -0.4 is 20.9 Å². The monoisotopic (exact) mass is 496 g/mol. The number of pyridine rings is 2. The van der Waals surface area contributed by atoms with Crippen LogP contribution in [-0.4, -0.2) is 24.2 Å². The second-order valence-corrected chi connectivity index (χ2v) is 7.97. The maximum atomic E-state index is 15.8. The molecule has 0 amide bonds. The van der Waals surface area contributed by atoms with Crippen LogP contribution in [0.2, 0.25) is 5.02 Å². The van der Waals surface area contributed by atoms with Gasteiger partial charge in [0.05, 0.1) is 30.6 Å². The van der Waals surface area contributed by atoms with Gasteiger partial charge < -0.3 is 20.9 Å². The SMILES string of the molecule is COc1nc(-c2cccc(-c3c(F)ccc(-c4ccc(CN)c(OC)n4)c3Cl)c2F)ccc1CN. The summed E-state index contributed by atoms with van der Waals surface area (Å²) in [5.41, 5.74) is 14.0. The lowest BCUT2D eigenvalue weighted by molar-refractivity contribution is 0.393. The number of hydrogen-bond donors (Lipinski definition) is 2. The van der Waals surface area contributed by atoms with Crippen molar-refractivity contribution in [3.8, 4) is 45.4 Å². The molecular formula is C26H23ClF2N4O2. The summed E-state index contributed by atoms with van der Waals surface area (Å²) in [6.45, 7) is 0.458. The first kappa shape index (κ1) is 24.5. The molecule has 4 aromatic rings. The fourth-order valence-corrected chi connectivity index (χ4v) is 4.17. The fourth-order valence-electron chi connectivity index (χ4n) is 3.82. The van der Waals surface area contributed by atoms with Crippen LogP contribution in [0.15, 0.2) is 54.6 Å². The Morgan fingerprint density at radius 1 is 0.743 bits per heavy atom. The molecule has 6 nitrogen and oxygen atoms in total. The fraction of sp³-hybridized carbons (Fsp3) is 0.154. The van der Waals surface area contributed by atoms with Gasteiger partial charge in [-0.3, -0.25) is 0 Å². The van der Waals surface area contributed by atoms with Gasteiger partial charge in [0.2, 0.25) is 11.8 Å². The molecule has 0 unspecified atom stereocenters. The second kappa shape index (κ2) is 10.4. The van der Waals surface area contributed by atoms with Crippen LogP contribution in [0.3, 0.4) is 0 Å². The third kappa shape index (κ3) is 4.55. The number of benzene rings is 2. The first-order valence-electron chi connectivity index (χ1n) is 10.7. The Kier molecular flexibility index (Phi) is 7.25. The lowest BCUT2D eigenvalue weighted by atomic mass is 9.97. The molecule has 0 spiro atoms. The molecule has 0 aliphatic heterocycles. The number of halogens is 3. The first-order chi connectivity index (χ1) is 16.9. The van der Waals surface area contributed by atoms with E-state index in [4.69, 9.17) is 32.5 Å². The number of hydrogen-bond acceptors (Lipinski definition) is 6. The molecule has 0 saturated carbocycles. The van der Waals surface area contributed by atoms with Crippen molar-refractivity contribution in [1.29, 1.82) is 0 Å². The van der Waals surface area contributed by atoms with Crippen LogP contribution in [0, 0.1) is 11.6 Å². The van der Waals surface area contributed by atoms with Gasteiger partial charge in [0.1, 0.15) is 11.6 Å². The average molecular weight is 497 g/mol. The summed E-state index contributed by atoms with van der Waals surface area (Å²) in [5.74, 6) is -0.725. The van der Waals surface area contributed by atoms with Gasteiger partial charge >= 0.3 is 0 Å². The maximum Gasteiger partial charge on any atom is 0.218 e.